The highest BCUT2D eigenvalue weighted by atomic mass is 19.1. The number of likely N-dealkylation sites (tertiary alicyclic amines) is 1. The number of aromatic nitrogens is 4. The molecule has 2 aromatic heterocycles. The van der Waals surface area contributed by atoms with E-state index in [1.54, 1.807) is 25.3 Å². The van der Waals surface area contributed by atoms with Crippen LogP contribution in [-0.2, 0) is 5.67 Å². The van der Waals surface area contributed by atoms with Crippen LogP contribution in [0.4, 0.5) is 16.0 Å². The first-order valence-electron chi connectivity index (χ1n) is 8.62. The number of nitrogens with zero attached hydrogens (tertiary/aromatic N) is 5. The molecule has 0 amide bonds. The fraction of sp³-hybridized carbons (Fsp3) is 0.263. The third kappa shape index (κ3) is 3.25. The number of aromatic amines is 1. The molecule has 0 saturated carbocycles. The largest absolute Gasteiger partial charge is 0.496 e. The van der Waals surface area contributed by atoms with Gasteiger partial charge in [-0.15, -0.1) is 0 Å². The lowest BCUT2D eigenvalue weighted by Gasteiger charge is -2.42. The van der Waals surface area contributed by atoms with E-state index in [1.807, 2.05) is 24.1 Å². The Kier molecular flexibility index (Phi) is 4.41. The SMILES string of the molecule is COc1cc(C2(F)CN(C)C2)ccc1-c1cc(Nc2cnc(C#N)cn2)n[nH]1. The highest BCUT2D eigenvalue weighted by molar-refractivity contribution is 5.71. The Labute approximate surface area is 161 Å². The van der Waals surface area contributed by atoms with Gasteiger partial charge in [0, 0.05) is 24.7 Å². The van der Waals surface area contributed by atoms with Gasteiger partial charge < -0.3 is 10.1 Å². The first kappa shape index (κ1) is 17.9. The molecule has 4 rings (SSSR count). The maximum Gasteiger partial charge on any atom is 0.161 e. The Morgan fingerprint density at radius 2 is 2.07 bits per heavy atom. The molecule has 1 aliphatic rings. The molecule has 28 heavy (non-hydrogen) atoms. The van der Waals surface area contributed by atoms with E-state index in [0.29, 0.717) is 41.7 Å². The van der Waals surface area contributed by atoms with Crippen molar-refractivity contribution in [2.75, 3.05) is 32.6 Å². The van der Waals surface area contributed by atoms with E-state index in [1.165, 1.54) is 12.4 Å². The van der Waals surface area contributed by atoms with Crippen molar-refractivity contribution in [1.29, 1.82) is 5.26 Å². The van der Waals surface area contributed by atoms with Crippen LogP contribution in [0.25, 0.3) is 11.3 Å². The second-order valence-corrected chi connectivity index (χ2v) is 6.74. The number of hydrogen-bond acceptors (Lipinski definition) is 7. The lowest BCUT2D eigenvalue weighted by Crippen LogP contribution is -2.54. The predicted molar refractivity (Wildman–Crippen MR) is 101 cm³/mol. The molecule has 0 unspecified atom stereocenters. The molecule has 9 heteroatoms. The number of H-pyrrole nitrogens is 1. The Balaban J connectivity index is 1.56. The molecule has 1 fully saturated rings. The van der Waals surface area contributed by atoms with Gasteiger partial charge in [0.25, 0.3) is 0 Å². The first-order valence-corrected chi connectivity index (χ1v) is 8.62. The third-order valence-electron chi connectivity index (χ3n) is 4.65. The predicted octanol–water partition coefficient (Wildman–Crippen LogP) is 2.60. The van der Waals surface area contributed by atoms with Crippen molar-refractivity contribution in [3.63, 3.8) is 0 Å². The van der Waals surface area contributed by atoms with Gasteiger partial charge in [-0.2, -0.15) is 10.4 Å². The molecular formula is C19H18FN7O. The molecule has 1 aliphatic heterocycles. The number of benzene rings is 1. The lowest BCUT2D eigenvalue weighted by atomic mass is 9.87. The van der Waals surface area contributed by atoms with Crippen LogP contribution in [0.1, 0.15) is 11.3 Å². The standard InChI is InChI=1S/C19H18FN7O/c1-27-10-19(20,11-27)12-3-4-14(16(5-12)28-2)15-6-17(26-25-15)24-18-9-22-13(7-21)8-23-18/h3-6,8-9H,10-11H2,1-2H3,(H2,23,24,25,26). The van der Waals surface area contributed by atoms with Gasteiger partial charge in [0.05, 0.1) is 25.2 Å². The molecule has 1 saturated heterocycles. The Bertz CT molecular complexity index is 1040. The van der Waals surface area contributed by atoms with Crippen LogP contribution in [-0.4, -0.2) is 52.3 Å². The Hall–Kier alpha value is -3.51. The molecule has 142 valence electrons. The van der Waals surface area contributed by atoms with Gasteiger partial charge in [-0.1, -0.05) is 6.07 Å². The van der Waals surface area contributed by atoms with Gasteiger partial charge >= 0.3 is 0 Å². The Morgan fingerprint density at radius 3 is 2.71 bits per heavy atom. The van der Waals surface area contributed by atoms with Crippen LogP contribution in [0, 0.1) is 11.3 Å². The summed E-state index contributed by atoms with van der Waals surface area (Å²) in [4.78, 5) is 9.98. The molecule has 0 radical (unpaired) electrons. The molecule has 0 aliphatic carbocycles. The van der Waals surface area contributed by atoms with Crippen LogP contribution in [0.5, 0.6) is 5.75 Å². The van der Waals surface area contributed by atoms with Gasteiger partial charge in [-0.3, -0.25) is 10.00 Å². The van der Waals surface area contributed by atoms with E-state index in [-0.39, 0.29) is 5.69 Å². The summed E-state index contributed by atoms with van der Waals surface area (Å²) in [5.41, 5.74) is 0.994. The van der Waals surface area contributed by atoms with Crippen molar-refractivity contribution in [2.45, 2.75) is 5.67 Å². The molecular weight excluding hydrogens is 361 g/mol. The van der Waals surface area contributed by atoms with E-state index < -0.39 is 5.67 Å². The van der Waals surface area contributed by atoms with E-state index >= 15 is 0 Å². The maximum atomic E-state index is 14.9. The minimum Gasteiger partial charge on any atom is -0.496 e. The molecule has 1 aromatic carbocycles. The number of anilines is 2. The van der Waals surface area contributed by atoms with Crippen LogP contribution in [0.15, 0.2) is 36.7 Å². The van der Waals surface area contributed by atoms with Crippen molar-refractivity contribution >= 4 is 11.6 Å². The van der Waals surface area contributed by atoms with Crippen LogP contribution >= 0.6 is 0 Å². The van der Waals surface area contributed by atoms with Crippen molar-refractivity contribution in [2.24, 2.45) is 0 Å². The number of hydrogen-bond donors (Lipinski definition) is 2. The number of ether oxygens (including phenoxy) is 1. The number of rotatable bonds is 5. The molecule has 8 nitrogen and oxygen atoms in total. The van der Waals surface area contributed by atoms with E-state index in [0.717, 1.165) is 5.56 Å². The monoisotopic (exact) mass is 379 g/mol. The van der Waals surface area contributed by atoms with E-state index in [9.17, 15) is 4.39 Å². The number of alkyl halides is 1. The summed E-state index contributed by atoms with van der Waals surface area (Å²) in [5.74, 6) is 1.56. The van der Waals surface area contributed by atoms with Gasteiger partial charge in [0.1, 0.15) is 17.6 Å². The molecule has 2 N–H and O–H groups in total. The summed E-state index contributed by atoms with van der Waals surface area (Å²) >= 11 is 0. The zero-order valence-electron chi connectivity index (χ0n) is 15.4. The van der Waals surface area contributed by atoms with Gasteiger partial charge in [0.15, 0.2) is 17.2 Å². The van der Waals surface area contributed by atoms with Crippen molar-refractivity contribution < 1.29 is 9.13 Å². The number of methoxy groups -OCH3 is 1. The molecule has 0 spiro atoms. The molecule has 0 atom stereocenters. The summed E-state index contributed by atoms with van der Waals surface area (Å²) in [5, 5.41) is 18.9. The second-order valence-electron chi connectivity index (χ2n) is 6.74. The topological polar surface area (TPSA) is 103 Å². The van der Waals surface area contributed by atoms with Gasteiger partial charge in [0.2, 0.25) is 0 Å². The first-order chi connectivity index (χ1) is 13.5. The zero-order valence-corrected chi connectivity index (χ0v) is 15.4. The van der Waals surface area contributed by atoms with Gasteiger partial charge in [-0.25, -0.2) is 14.4 Å². The smallest absolute Gasteiger partial charge is 0.161 e. The summed E-state index contributed by atoms with van der Waals surface area (Å²) in [6.07, 6.45) is 2.83. The third-order valence-corrected chi connectivity index (χ3v) is 4.65. The normalized spacial score (nSPS) is 15.5. The van der Waals surface area contributed by atoms with Crippen LogP contribution < -0.4 is 10.1 Å². The average Bonchev–Trinajstić information content (AvgIpc) is 3.15. The minimum atomic E-state index is -1.34. The molecule has 0 bridgehead atoms. The molecule has 3 aromatic rings. The number of nitrogens with one attached hydrogen (secondary N) is 2. The van der Waals surface area contributed by atoms with Crippen molar-refractivity contribution in [3.8, 4) is 23.1 Å². The average molecular weight is 379 g/mol. The van der Waals surface area contributed by atoms with Crippen LogP contribution in [0.2, 0.25) is 0 Å². The minimum absolute atomic E-state index is 0.237. The lowest BCUT2D eigenvalue weighted by molar-refractivity contribution is -0.0195. The summed E-state index contributed by atoms with van der Waals surface area (Å²) < 4.78 is 20.4. The maximum absolute atomic E-state index is 14.9. The summed E-state index contributed by atoms with van der Waals surface area (Å²) in [6.45, 7) is 0.749. The quantitative estimate of drug-likeness (QED) is 0.702. The van der Waals surface area contributed by atoms with Crippen molar-refractivity contribution in [3.05, 3.63) is 47.9 Å². The van der Waals surface area contributed by atoms with Gasteiger partial charge in [-0.05, 0) is 24.7 Å². The second kappa shape index (κ2) is 6.90. The number of nitriles is 1. The fourth-order valence-electron chi connectivity index (χ4n) is 3.29. The summed E-state index contributed by atoms with van der Waals surface area (Å²) in [7, 11) is 3.45. The van der Waals surface area contributed by atoms with Crippen LogP contribution in [0.3, 0.4) is 0 Å². The fourth-order valence-corrected chi connectivity index (χ4v) is 3.29. The summed E-state index contributed by atoms with van der Waals surface area (Å²) in [6, 6.07) is 9.05. The van der Waals surface area contributed by atoms with E-state index in [4.69, 9.17) is 10.00 Å². The molecule has 3 heterocycles. The zero-order chi connectivity index (χ0) is 19.7. The van der Waals surface area contributed by atoms with E-state index in [2.05, 4.69) is 25.5 Å². The highest BCUT2D eigenvalue weighted by Crippen LogP contribution is 2.39. The highest BCUT2D eigenvalue weighted by Gasteiger charge is 2.43. The number of halogens is 1. The number of likely N-dealkylation sites (N-methyl/N-ethyl adjacent to an activating group) is 1. The van der Waals surface area contributed by atoms with Crippen molar-refractivity contribution in [1.82, 2.24) is 25.1 Å². The Morgan fingerprint density at radius 1 is 1.25 bits per heavy atom.